The van der Waals surface area contributed by atoms with E-state index >= 15 is 0 Å². The SMILES string of the molecule is COc1ccc(C(=O)CN(C2=NCCS2)c2ccc(Br)cc2)c(F)c1. The van der Waals surface area contributed by atoms with Gasteiger partial charge in [-0.3, -0.25) is 9.79 Å². The van der Waals surface area contributed by atoms with Crippen molar-refractivity contribution in [3.05, 3.63) is 58.3 Å². The second-order valence-corrected chi connectivity index (χ2v) is 7.32. The van der Waals surface area contributed by atoms with Gasteiger partial charge in [0, 0.05) is 22.0 Å². The molecule has 0 N–H and O–H groups in total. The number of carbonyl (C=O) groups is 1. The van der Waals surface area contributed by atoms with Crippen molar-refractivity contribution in [3.8, 4) is 5.75 Å². The molecular weight excluding hydrogens is 407 g/mol. The number of Topliss-reactive ketones (excluding diaryl/α,β-unsaturated/α-hetero) is 1. The molecule has 1 heterocycles. The molecule has 0 saturated heterocycles. The molecule has 0 aromatic heterocycles. The molecule has 0 saturated carbocycles. The number of thioether (sulfide) groups is 1. The molecule has 0 radical (unpaired) electrons. The molecular formula is C18H16BrFN2O2S. The van der Waals surface area contributed by atoms with Crippen LogP contribution in [0.15, 0.2) is 51.9 Å². The van der Waals surface area contributed by atoms with Crippen molar-refractivity contribution in [2.24, 2.45) is 4.99 Å². The van der Waals surface area contributed by atoms with E-state index in [0.717, 1.165) is 27.6 Å². The van der Waals surface area contributed by atoms with Crippen LogP contribution in [0, 0.1) is 5.82 Å². The topological polar surface area (TPSA) is 41.9 Å². The quantitative estimate of drug-likeness (QED) is 0.670. The summed E-state index contributed by atoms with van der Waals surface area (Å²) in [6.07, 6.45) is 0. The Morgan fingerprint density at radius 1 is 1.32 bits per heavy atom. The molecule has 3 rings (SSSR count). The lowest BCUT2D eigenvalue weighted by molar-refractivity contribution is 0.0998. The minimum atomic E-state index is -0.582. The first-order chi connectivity index (χ1) is 12.1. The van der Waals surface area contributed by atoms with Crippen LogP contribution in [-0.2, 0) is 0 Å². The minimum Gasteiger partial charge on any atom is -0.497 e. The van der Waals surface area contributed by atoms with Gasteiger partial charge in [0.05, 0.1) is 25.8 Å². The summed E-state index contributed by atoms with van der Waals surface area (Å²) in [6, 6.07) is 11.9. The summed E-state index contributed by atoms with van der Waals surface area (Å²) < 4.78 is 20.1. The number of amidine groups is 1. The molecule has 4 nitrogen and oxygen atoms in total. The highest BCUT2D eigenvalue weighted by Gasteiger charge is 2.23. The predicted molar refractivity (Wildman–Crippen MR) is 104 cm³/mol. The number of halogens is 2. The Bertz CT molecular complexity index is 811. The Labute approximate surface area is 158 Å². The Morgan fingerprint density at radius 3 is 2.68 bits per heavy atom. The zero-order valence-electron chi connectivity index (χ0n) is 13.5. The van der Waals surface area contributed by atoms with Crippen molar-refractivity contribution in [1.82, 2.24) is 0 Å². The van der Waals surface area contributed by atoms with Crippen molar-refractivity contribution < 1.29 is 13.9 Å². The van der Waals surface area contributed by atoms with Crippen LogP contribution in [0.1, 0.15) is 10.4 Å². The summed E-state index contributed by atoms with van der Waals surface area (Å²) in [5.74, 6) is 0.377. The lowest BCUT2D eigenvalue weighted by Gasteiger charge is -2.23. The highest BCUT2D eigenvalue weighted by atomic mass is 79.9. The maximum absolute atomic E-state index is 14.2. The molecule has 0 aliphatic carbocycles. The lowest BCUT2D eigenvalue weighted by atomic mass is 10.1. The van der Waals surface area contributed by atoms with Gasteiger partial charge in [0.2, 0.25) is 0 Å². The molecule has 25 heavy (non-hydrogen) atoms. The number of hydrogen-bond acceptors (Lipinski definition) is 5. The second-order valence-electron chi connectivity index (χ2n) is 5.34. The van der Waals surface area contributed by atoms with Gasteiger partial charge in [-0.25, -0.2) is 4.39 Å². The molecule has 1 aliphatic heterocycles. The lowest BCUT2D eigenvalue weighted by Crippen LogP contribution is -2.33. The molecule has 0 spiro atoms. The van der Waals surface area contributed by atoms with Crippen molar-refractivity contribution in [2.75, 3.05) is 30.9 Å². The number of hydrogen-bond donors (Lipinski definition) is 0. The number of ketones is 1. The summed E-state index contributed by atoms with van der Waals surface area (Å²) >= 11 is 5.00. The van der Waals surface area contributed by atoms with Crippen LogP contribution in [0.5, 0.6) is 5.75 Å². The number of nitrogens with zero attached hydrogens (tertiary/aromatic N) is 2. The van der Waals surface area contributed by atoms with Crippen LogP contribution in [0.4, 0.5) is 10.1 Å². The van der Waals surface area contributed by atoms with Crippen molar-refractivity contribution >= 4 is 44.3 Å². The Kier molecular flexibility index (Phi) is 5.75. The number of carbonyl (C=O) groups excluding carboxylic acids is 1. The third-order valence-corrected chi connectivity index (χ3v) is 5.24. The Hall–Kier alpha value is -1.86. The van der Waals surface area contributed by atoms with Gasteiger partial charge in [-0.15, -0.1) is 0 Å². The van der Waals surface area contributed by atoms with Crippen LogP contribution >= 0.6 is 27.7 Å². The number of anilines is 1. The van der Waals surface area contributed by atoms with Gasteiger partial charge in [0.25, 0.3) is 0 Å². The number of rotatable bonds is 5. The standard InChI is InChI=1S/C18H16BrFN2O2S/c1-24-14-6-7-15(16(20)10-14)17(23)11-22(18-21-8-9-25-18)13-4-2-12(19)3-5-13/h2-7,10H,8-9,11H2,1H3. The van der Waals surface area contributed by atoms with Crippen LogP contribution in [0.25, 0.3) is 0 Å². The van der Waals surface area contributed by atoms with Gasteiger partial charge in [0.15, 0.2) is 11.0 Å². The molecule has 130 valence electrons. The van der Waals surface area contributed by atoms with E-state index in [1.807, 2.05) is 29.2 Å². The van der Waals surface area contributed by atoms with Crippen LogP contribution in [0.2, 0.25) is 0 Å². The van der Waals surface area contributed by atoms with Gasteiger partial charge in [-0.2, -0.15) is 0 Å². The molecule has 0 atom stereocenters. The molecule has 1 aliphatic rings. The van der Waals surface area contributed by atoms with E-state index in [0.29, 0.717) is 5.75 Å². The van der Waals surface area contributed by atoms with Gasteiger partial charge < -0.3 is 9.64 Å². The van der Waals surface area contributed by atoms with E-state index in [2.05, 4.69) is 20.9 Å². The molecule has 0 bridgehead atoms. The normalized spacial score (nSPS) is 13.5. The molecule has 0 unspecified atom stereocenters. The second kappa shape index (κ2) is 8.01. The van der Waals surface area contributed by atoms with Gasteiger partial charge >= 0.3 is 0 Å². The van der Waals surface area contributed by atoms with Crippen LogP contribution < -0.4 is 9.64 Å². The van der Waals surface area contributed by atoms with E-state index in [4.69, 9.17) is 4.74 Å². The first kappa shape index (κ1) is 17.9. The average molecular weight is 423 g/mol. The highest BCUT2D eigenvalue weighted by molar-refractivity contribution is 9.10. The molecule has 2 aromatic rings. The van der Waals surface area contributed by atoms with Gasteiger partial charge in [-0.05, 0) is 36.4 Å². The third kappa shape index (κ3) is 4.22. The zero-order valence-corrected chi connectivity index (χ0v) is 15.9. The van der Waals surface area contributed by atoms with Crippen LogP contribution in [0.3, 0.4) is 0 Å². The first-order valence-corrected chi connectivity index (χ1v) is 9.43. The first-order valence-electron chi connectivity index (χ1n) is 7.65. The third-order valence-electron chi connectivity index (χ3n) is 3.72. The summed E-state index contributed by atoms with van der Waals surface area (Å²) in [5.41, 5.74) is 0.894. The number of benzene rings is 2. The Balaban J connectivity index is 1.87. The fourth-order valence-corrected chi connectivity index (χ4v) is 3.59. The number of ether oxygens (including phenoxy) is 1. The summed E-state index contributed by atoms with van der Waals surface area (Å²) in [4.78, 5) is 19.0. The fourth-order valence-electron chi connectivity index (χ4n) is 2.46. The van der Waals surface area contributed by atoms with E-state index in [9.17, 15) is 9.18 Å². The average Bonchev–Trinajstić information content (AvgIpc) is 3.14. The summed E-state index contributed by atoms with van der Waals surface area (Å²) in [5, 5.41) is 0.782. The maximum atomic E-state index is 14.2. The molecule has 7 heteroatoms. The predicted octanol–water partition coefficient (Wildman–Crippen LogP) is 4.39. The molecule has 0 amide bonds. The summed E-state index contributed by atoms with van der Waals surface area (Å²) in [7, 11) is 1.46. The van der Waals surface area contributed by atoms with Crippen molar-refractivity contribution in [2.45, 2.75) is 0 Å². The monoisotopic (exact) mass is 422 g/mol. The number of aliphatic imine (C=N–C) groups is 1. The highest BCUT2D eigenvalue weighted by Crippen LogP contribution is 2.25. The zero-order chi connectivity index (χ0) is 17.8. The largest absolute Gasteiger partial charge is 0.497 e. The van der Waals surface area contributed by atoms with Crippen molar-refractivity contribution in [3.63, 3.8) is 0 Å². The number of methoxy groups -OCH3 is 1. The van der Waals surface area contributed by atoms with E-state index in [-0.39, 0.29) is 17.9 Å². The minimum absolute atomic E-state index is 0.0245. The van der Waals surface area contributed by atoms with Gasteiger partial charge in [0.1, 0.15) is 11.6 Å². The molecule has 0 fully saturated rings. The van der Waals surface area contributed by atoms with E-state index in [1.54, 1.807) is 17.8 Å². The summed E-state index contributed by atoms with van der Waals surface area (Å²) in [6.45, 7) is 0.745. The van der Waals surface area contributed by atoms with E-state index < -0.39 is 5.82 Å². The fraction of sp³-hybridized carbons (Fsp3) is 0.222. The van der Waals surface area contributed by atoms with Gasteiger partial charge in [-0.1, -0.05) is 27.7 Å². The smallest absolute Gasteiger partial charge is 0.185 e. The Morgan fingerprint density at radius 2 is 2.08 bits per heavy atom. The van der Waals surface area contributed by atoms with E-state index in [1.165, 1.54) is 19.2 Å². The maximum Gasteiger partial charge on any atom is 0.185 e. The van der Waals surface area contributed by atoms with Crippen molar-refractivity contribution in [1.29, 1.82) is 0 Å². The van der Waals surface area contributed by atoms with Crippen LogP contribution in [-0.4, -0.2) is 36.9 Å². The molecule has 2 aromatic carbocycles.